The zero-order valence-electron chi connectivity index (χ0n) is 28.0. The second-order valence-corrected chi connectivity index (χ2v) is 13.6. The van der Waals surface area contributed by atoms with E-state index >= 15 is 0 Å². The number of carbonyl (C=O) groups excluding carboxylic acids is 2. The van der Waals surface area contributed by atoms with E-state index in [2.05, 4.69) is 80.1 Å². The van der Waals surface area contributed by atoms with Gasteiger partial charge >= 0.3 is 0 Å². The van der Waals surface area contributed by atoms with Gasteiger partial charge in [-0.2, -0.15) is 25.3 Å². The molecule has 0 spiro atoms. The molecular weight excluding hydrogens is 637 g/mol. The van der Waals surface area contributed by atoms with Crippen molar-refractivity contribution in [2.24, 2.45) is 5.41 Å². The highest BCUT2D eigenvalue weighted by Crippen LogP contribution is 2.29. The quantitative estimate of drug-likeness (QED) is 0.0621. The predicted octanol–water partition coefficient (Wildman–Crippen LogP) is 7.20. The molecule has 254 valence electrons. The van der Waals surface area contributed by atoms with Crippen LogP contribution in [-0.2, 0) is 11.3 Å². The van der Waals surface area contributed by atoms with Crippen LogP contribution in [0, 0.1) is 5.41 Å². The molecule has 2 N–H and O–H groups in total. The van der Waals surface area contributed by atoms with E-state index in [-0.39, 0.29) is 17.2 Å². The maximum Gasteiger partial charge on any atom is 0.251 e. The van der Waals surface area contributed by atoms with Crippen LogP contribution in [0.4, 0.5) is 0 Å². The number of unbranched alkanes of at least 4 members (excludes halogenated alkanes) is 1. The maximum atomic E-state index is 12.9. The average molecular weight is 685 g/mol. The monoisotopic (exact) mass is 684 g/mol. The topological polar surface area (TPSA) is 83.6 Å². The number of hydrogen-bond acceptors (Lipinski definition) is 7. The number of thiol groups is 2. The minimum atomic E-state index is -0.0881. The van der Waals surface area contributed by atoms with Crippen LogP contribution in [0.5, 0.6) is 5.88 Å². The number of carbonyl (C=O) groups is 2. The fourth-order valence-electron chi connectivity index (χ4n) is 5.36. The average Bonchev–Trinajstić information content (AvgIpc) is 3.10. The summed E-state index contributed by atoms with van der Waals surface area (Å²) in [6.07, 6.45) is 2.81. The van der Waals surface area contributed by atoms with E-state index in [1.165, 1.54) is 0 Å². The Morgan fingerprint density at radius 2 is 1.50 bits per heavy atom. The van der Waals surface area contributed by atoms with Crippen LogP contribution < -0.4 is 15.4 Å². The minimum absolute atomic E-state index is 0.0278. The first-order valence-corrected chi connectivity index (χ1v) is 17.9. The molecule has 0 bridgehead atoms. The van der Waals surface area contributed by atoms with Crippen LogP contribution in [0.1, 0.15) is 49.0 Å². The fourth-order valence-corrected chi connectivity index (χ4v) is 5.75. The summed E-state index contributed by atoms with van der Waals surface area (Å²) in [5.74, 6) is 1.76. The van der Waals surface area contributed by atoms with Gasteiger partial charge < -0.3 is 15.4 Å². The number of rotatable bonds is 19. The van der Waals surface area contributed by atoms with Gasteiger partial charge in [-0.1, -0.05) is 86.6 Å². The third-order valence-corrected chi connectivity index (χ3v) is 8.47. The van der Waals surface area contributed by atoms with Gasteiger partial charge in [-0.15, -0.1) is 0 Å². The van der Waals surface area contributed by atoms with Crippen molar-refractivity contribution in [1.29, 1.82) is 0 Å². The summed E-state index contributed by atoms with van der Waals surface area (Å²) in [7, 11) is 0. The molecule has 48 heavy (non-hydrogen) atoms. The lowest BCUT2D eigenvalue weighted by molar-refractivity contribution is -0.122. The number of amides is 2. The van der Waals surface area contributed by atoms with Gasteiger partial charge in [0, 0.05) is 54.9 Å². The van der Waals surface area contributed by atoms with Crippen LogP contribution >= 0.6 is 25.3 Å². The number of benzene rings is 3. The Kier molecular flexibility index (Phi) is 14.9. The molecule has 7 nitrogen and oxygen atoms in total. The molecule has 0 aliphatic rings. The van der Waals surface area contributed by atoms with Gasteiger partial charge in [0.1, 0.15) is 0 Å². The van der Waals surface area contributed by atoms with Crippen molar-refractivity contribution in [2.75, 3.05) is 44.3 Å². The maximum absolute atomic E-state index is 12.9. The van der Waals surface area contributed by atoms with Gasteiger partial charge in [-0.3, -0.25) is 14.5 Å². The van der Waals surface area contributed by atoms with Gasteiger partial charge in [0.2, 0.25) is 11.8 Å². The molecular formula is C39H48N4O3S2. The first-order valence-electron chi connectivity index (χ1n) is 16.6. The Bertz CT molecular complexity index is 1510. The van der Waals surface area contributed by atoms with Gasteiger partial charge in [-0.25, -0.2) is 4.98 Å². The molecule has 4 aromatic rings. The summed E-state index contributed by atoms with van der Waals surface area (Å²) >= 11 is 8.48. The fraction of sp³-hybridized carbons (Fsp3) is 0.359. The number of hydrogen-bond donors (Lipinski definition) is 4. The van der Waals surface area contributed by atoms with Gasteiger partial charge in [-0.05, 0) is 59.6 Å². The van der Waals surface area contributed by atoms with Crippen LogP contribution in [0.2, 0.25) is 0 Å². The first-order chi connectivity index (χ1) is 23.3. The molecule has 0 saturated heterocycles. The highest BCUT2D eigenvalue weighted by atomic mass is 32.1. The summed E-state index contributed by atoms with van der Waals surface area (Å²) < 4.78 is 6.17. The zero-order chi connectivity index (χ0) is 34.2. The van der Waals surface area contributed by atoms with E-state index < -0.39 is 0 Å². The van der Waals surface area contributed by atoms with E-state index in [0.717, 1.165) is 47.2 Å². The van der Waals surface area contributed by atoms with Crippen LogP contribution in [0.25, 0.3) is 22.4 Å². The van der Waals surface area contributed by atoms with Crippen LogP contribution in [-0.4, -0.2) is 66.0 Å². The Balaban J connectivity index is 1.23. The SMILES string of the molecule is CC(C)(CCCCOc1cc(-c2ccccc2)cc(-c2ccccc2)n1)CNC(=O)c1ccc(CN(CCS)CC(=O)NCCS)cc1. The molecule has 3 aromatic carbocycles. The normalized spacial score (nSPS) is 11.4. The number of aromatic nitrogens is 1. The lowest BCUT2D eigenvalue weighted by atomic mass is 9.87. The molecule has 1 aromatic heterocycles. The largest absolute Gasteiger partial charge is 0.478 e. The van der Waals surface area contributed by atoms with Crippen molar-refractivity contribution < 1.29 is 14.3 Å². The van der Waals surface area contributed by atoms with E-state index in [9.17, 15) is 9.59 Å². The molecule has 0 aliphatic heterocycles. The summed E-state index contributed by atoms with van der Waals surface area (Å²) in [5, 5.41) is 5.97. The Hall–Kier alpha value is -3.79. The molecule has 0 unspecified atom stereocenters. The highest BCUT2D eigenvalue weighted by molar-refractivity contribution is 7.80. The van der Waals surface area contributed by atoms with Gasteiger partial charge in [0.25, 0.3) is 5.91 Å². The smallest absolute Gasteiger partial charge is 0.251 e. The third-order valence-electron chi connectivity index (χ3n) is 8.04. The van der Waals surface area contributed by atoms with Gasteiger partial charge in [0.15, 0.2) is 0 Å². The molecule has 0 saturated carbocycles. The van der Waals surface area contributed by atoms with Crippen molar-refractivity contribution in [2.45, 2.75) is 39.7 Å². The van der Waals surface area contributed by atoms with Crippen molar-refractivity contribution in [1.82, 2.24) is 20.5 Å². The summed E-state index contributed by atoms with van der Waals surface area (Å²) in [6.45, 7) is 7.64. The Morgan fingerprint density at radius 3 is 2.17 bits per heavy atom. The predicted molar refractivity (Wildman–Crippen MR) is 203 cm³/mol. The second kappa shape index (κ2) is 19.3. The van der Waals surface area contributed by atoms with Crippen molar-refractivity contribution in [3.05, 3.63) is 108 Å². The number of pyridine rings is 1. The van der Waals surface area contributed by atoms with Crippen LogP contribution in [0.3, 0.4) is 0 Å². The molecule has 0 fully saturated rings. The zero-order valence-corrected chi connectivity index (χ0v) is 29.8. The Labute approximate surface area is 296 Å². The third kappa shape index (κ3) is 12.3. The lowest BCUT2D eigenvalue weighted by Gasteiger charge is -2.25. The molecule has 0 aliphatic carbocycles. The van der Waals surface area contributed by atoms with Crippen molar-refractivity contribution in [3.63, 3.8) is 0 Å². The molecule has 0 atom stereocenters. The molecule has 2 amide bonds. The van der Waals surface area contributed by atoms with E-state index in [1.54, 1.807) is 0 Å². The van der Waals surface area contributed by atoms with E-state index in [0.29, 0.717) is 62.3 Å². The van der Waals surface area contributed by atoms with E-state index in [1.807, 2.05) is 71.6 Å². The molecule has 1 heterocycles. The molecule has 0 radical (unpaired) electrons. The van der Waals surface area contributed by atoms with Crippen molar-refractivity contribution in [3.8, 4) is 28.3 Å². The summed E-state index contributed by atoms with van der Waals surface area (Å²) in [6, 6.07) is 32.2. The molecule has 4 rings (SSSR count). The summed E-state index contributed by atoms with van der Waals surface area (Å²) in [4.78, 5) is 32.0. The standard InChI is InChI=1S/C39H48N4O3S2/c1-39(2,29-41-38(45)33-17-15-30(16-18-33)27-43(21-24-48)28-36(44)40-20-23-47)19-9-10-22-46-37-26-34(31-11-5-3-6-12-31)25-35(42-37)32-13-7-4-8-14-32/h3-8,11-18,25-26,47-48H,9-10,19-24,27-29H2,1-2H3,(H,40,44)(H,41,45). The first kappa shape index (κ1) is 37.0. The number of ether oxygens (including phenoxy) is 1. The highest BCUT2D eigenvalue weighted by Gasteiger charge is 2.19. The summed E-state index contributed by atoms with van der Waals surface area (Å²) in [5.41, 5.74) is 5.73. The minimum Gasteiger partial charge on any atom is -0.478 e. The lowest BCUT2D eigenvalue weighted by Crippen LogP contribution is -2.38. The number of nitrogens with zero attached hydrogens (tertiary/aromatic N) is 2. The van der Waals surface area contributed by atoms with E-state index in [4.69, 9.17) is 9.72 Å². The molecule has 9 heteroatoms. The van der Waals surface area contributed by atoms with Crippen molar-refractivity contribution >= 4 is 37.1 Å². The number of nitrogens with one attached hydrogen (secondary N) is 2. The Morgan fingerprint density at radius 1 is 0.812 bits per heavy atom. The second-order valence-electron chi connectivity index (χ2n) is 12.7. The van der Waals surface area contributed by atoms with Crippen LogP contribution in [0.15, 0.2) is 97.1 Å². The van der Waals surface area contributed by atoms with Gasteiger partial charge in [0.05, 0.1) is 18.8 Å².